The van der Waals surface area contributed by atoms with Crippen molar-refractivity contribution in [2.24, 2.45) is 5.92 Å². The zero-order valence-corrected chi connectivity index (χ0v) is 11.9. The molecule has 1 aromatic heterocycles. The molecule has 1 fully saturated rings. The van der Waals surface area contributed by atoms with E-state index in [1.54, 1.807) is 11.3 Å². The molecule has 2 rings (SSSR count). The van der Waals surface area contributed by atoms with Gasteiger partial charge in [0.25, 0.3) is 0 Å². The number of aromatic nitrogens is 1. The minimum Gasteiger partial charge on any atom is -0.313 e. The molecule has 96 valence electrons. The first kappa shape index (κ1) is 13.0. The summed E-state index contributed by atoms with van der Waals surface area (Å²) in [4.78, 5) is 8.05. The van der Waals surface area contributed by atoms with Crippen molar-refractivity contribution in [1.82, 2.24) is 15.2 Å². The van der Waals surface area contributed by atoms with Gasteiger partial charge >= 0.3 is 0 Å². The second kappa shape index (κ2) is 5.94. The molecule has 1 aliphatic carbocycles. The van der Waals surface area contributed by atoms with Crippen molar-refractivity contribution < 1.29 is 0 Å². The van der Waals surface area contributed by atoms with Gasteiger partial charge in [0.05, 0.1) is 11.2 Å². The molecule has 0 radical (unpaired) electrons. The first-order valence-electron chi connectivity index (χ1n) is 6.47. The van der Waals surface area contributed by atoms with Crippen LogP contribution in [-0.2, 0) is 6.54 Å². The van der Waals surface area contributed by atoms with Crippen LogP contribution in [0.25, 0.3) is 0 Å². The number of nitrogens with one attached hydrogen (secondary N) is 1. The van der Waals surface area contributed by atoms with Crippen molar-refractivity contribution in [2.45, 2.75) is 39.3 Å². The fourth-order valence-corrected chi connectivity index (χ4v) is 2.90. The van der Waals surface area contributed by atoms with Gasteiger partial charge in [-0.3, -0.25) is 4.90 Å². The Balaban J connectivity index is 1.63. The highest BCUT2D eigenvalue weighted by atomic mass is 32.1. The van der Waals surface area contributed by atoms with Gasteiger partial charge in [-0.2, -0.15) is 0 Å². The SMILES string of the molecule is Cc1ncsc1CN(C)CCNC(C)C1CC1. The lowest BCUT2D eigenvalue weighted by Crippen LogP contribution is -2.35. The lowest BCUT2D eigenvalue weighted by molar-refractivity contribution is 0.316. The zero-order valence-electron chi connectivity index (χ0n) is 11.1. The van der Waals surface area contributed by atoms with Gasteiger partial charge in [-0.05, 0) is 39.7 Å². The van der Waals surface area contributed by atoms with E-state index < -0.39 is 0 Å². The van der Waals surface area contributed by atoms with Crippen molar-refractivity contribution in [3.63, 3.8) is 0 Å². The molecule has 1 aliphatic rings. The first-order chi connectivity index (χ1) is 8.16. The molecule has 0 saturated heterocycles. The van der Waals surface area contributed by atoms with Crippen molar-refractivity contribution >= 4 is 11.3 Å². The molecule has 1 aromatic rings. The van der Waals surface area contributed by atoms with Crippen LogP contribution in [0.4, 0.5) is 0 Å². The van der Waals surface area contributed by atoms with E-state index in [0.717, 1.165) is 25.6 Å². The maximum absolute atomic E-state index is 4.29. The van der Waals surface area contributed by atoms with E-state index >= 15 is 0 Å². The summed E-state index contributed by atoms with van der Waals surface area (Å²) in [7, 11) is 2.18. The summed E-state index contributed by atoms with van der Waals surface area (Å²) < 4.78 is 0. The van der Waals surface area contributed by atoms with Crippen LogP contribution in [0.15, 0.2) is 5.51 Å². The van der Waals surface area contributed by atoms with Crippen LogP contribution >= 0.6 is 11.3 Å². The van der Waals surface area contributed by atoms with Gasteiger partial charge in [0.1, 0.15) is 0 Å². The molecule has 0 spiro atoms. The molecule has 1 atom stereocenters. The third-order valence-electron chi connectivity index (χ3n) is 3.55. The Morgan fingerprint density at radius 3 is 2.94 bits per heavy atom. The summed E-state index contributed by atoms with van der Waals surface area (Å²) in [5.74, 6) is 0.948. The highest BCUT2D eigenvalue weighted by molar-refractivity contribution is 7.09. The largest absolute Gasteiger partial charge is 0.313 e. The molecule has 3 nitrogen and oxygen atoms in total. The minimum absolute atomic E-state index is 0.702. The monoisotopic (exact) mass is 253 g/mol. The van der Waals surface area contributed by atoms with Gasteiger partial charge in [0.2, 0.25) is 0 Å². The number of hydrogen-bond donors (Lipinski definition) is 1. The average molecular weight is 253 g/mol. The number of nitrogens with zero attached hydrogens (tertiary/aromatic N) is 2. The Kier molecular flexibility index (Phi) is 4.54. The summed E-state index contributed by atoms with van der Waals surface area (Å²) in [5, 5.41) is 3.62. The Bertz CT molecular complexity index is 346. The fourth-order valence-electron chi connectivity index (χ4n) is 2.05. The number of aryl methyl sites for hydroxylation is 1. The number of hydrogen-bond acceptors (Lipinski definition) is 4. The molecule has 1 heterocycles. The Labute approximate surface area is 108 Å². The van der Waals surface area contributed by atoms with Crippen molar-refractivity contribution in [2.75, 3.05) is 20.1 Å². The predicted octanol–water partition coefficient (Wildman–Crippen LogP) is 2.27. The third-order valence-corrected chi connectivity index (χ3v) is 4.47. The highest BCUT2D eigenvalue weighted by Gasteiger charge is 2.27. The first-order valence-corrected chi connectivity index (χ1v) is 7.35. The van der Waals surface area contributed by atoms with Gasteiger partial charge in [0, 0.05) is 30.6 Å². The quantitative estimate of drug-likeness (QED) is 0.808. The predicted molar refractivity (Wildman–Crippen MR) is 73.4 cm³/mol. The van der Waals surface area contributed by atoms with E-state index in [9.17, 15) is 0 Å². The van der Waals surface area contributed by atoms with E-state index in [1.807, 2.05) is 5.51 Å². The Morgan fingerprint density at radius 1 is 1.59 bits per heavy atom. The molecular formula is C13H23N3S. The van der Waals surface area contributed by atoms with E-state index in [0.29, 0.717) is 6.04 Å². The third kappa shape index (κ3) is 4.05. The molecule has 0 bridgehead atoms. The van der Waals surface area contributed by atoms with Crippen LogP contribution in [-0.4, -0.2) is 36.1 Å². The normalized spacial score (nSPS) is 17.6. The zero-order chi connectivity index (χ0) is 12.3. The molecule has 0 amide bonds. The van der Waals surface area contributed by atoms with Crippen LogP contribution in [0.5, 0.6) is 0 Å². The van der Waals surface area contributed by atoms with Crippen LogP contribution in [0.1, 0.15) is 30.3 Å². The van der Waals surface area contributed by atoms with Gasteiger partial charge in [-0.1, -0.05) is 0 Å². The van der Waals surface area contributed by atoms with Crippen molar-refractivity contribution in [3.05, 3.63) is 16.1 Å². The van der Waals surface area contributed by atoms with E-state index in [2.05, 4.69) is 36.1 Å². The van der Waals surface area contributed by atoms with Crippen molar-refractivity contribution in [1.29, 1.82) is 0 Å². The van der Waals surface area contributed by atoms with Gasteiger partial charge in [-0.15, -0.1) is 11.3 Å². The number of thiazole rings is 1. The van der Waals surface area contributed by atoms with Crippen LogP contribution in [0.3, 0.4) is 0 Å². The second-order valence-electron chi connectivity index (χ2n) is 5.18. The Morgan fingerprint density at radius 2 is 2.35 bits per heavy atom. The standard InChI is InChI=1S/C13H23N3S/c1-10(12-4-5-12)14-6-7-16(3)8-13-11(2)15-9-17-13/h9-10,12,14H,4-8H2,1-3H3. The molecule has 4 heteroatoms. The maximum Gasteiger partial charge on any atom is 0.0798 e. The molecule has 0 aliphatic heterocycles. The summed E-state index contributed by atoms with van der Waals surface area (Å²) in [6.45, 7) is 7.62. The average Bonchev–Trinajstić information content (AvgIpc) is 3.05. The molecule has 1 saturated carbocycles. The van der Waals surface area contributed by atoms with Crippen LogP contribution < -0.4 is 5.32 Å². The molecule has 1 N–H and O–H groups in total. The Hall–Kier alpha value is -0.450. The minimum atomic E-state index is 0.702. The molecule has 1 unspecified atom stereocenters. The summed E-state index contributed by atoms with van der Waals surface area (Å²) in [6.07, 6.45) is 2.84. The van der Waals surface area contributed by atoms with E-state index in [1.165, 1.54) is 23.4 Å². The summed E-state index contributed by atoms with van der Waals surface area (Å²) >= 11 is 1.76. The second-order valence-corrected chi connectivity index (χ2v) is 6.12. The number of rotatable bonds is 7. The highest BCUT2D eigenvalue weighted by Crippen LogP contribution is 2.32. The maximum atomic E-state index is 4.29. The van der Waals surface area contributed by atoms with Crippen LogP contribution in [0, 0.1) is 12.8 Å². The molecule has 17 heavy (non-hydrogen) atoms. The lowest BCUT2D eigenvalue weighted by Gasteiger charge is -2.18. The number of likely N-dealkylation sites (N-methyl/N-ethyl adjacent to an activating group) is 1. The topological polar surface area (TPSA) is 28.2 Å². The lowest BCUT2D eigenvalue weighted by atomic mass is 10.2. The van der Waals surface area contributed by atoms with E-state index in [4.69, 9.17) is 0 Å². The van der Waals surface area contributed by atoms with Gasteiger partial charge in [0.15, 0.2) is 0 Å². The molecule has 0 aromatic carbocycles. The van der Waals surface area contributed by atoms with Gasteiger partial charge < -0.3 is 5.32 Å². The molecular weight excluding hydrogens is 230 g/mol. The summed E-state index contributed by atoms with van der Waals surface area (Å²) in [5.41, 5.74) is 3.12. The van der Waals surface area contributed by atoms with Crippen molar-refractivity contribution in [3.8, 4) is 0 Å². The summed E-state index contributed by atoms with van der Waals surface area (Å²) in [6, 6.07) is 0.702. The smallest absolute Gasteiger partial charge is 0.0798 e. The fraction of sp³-hybridized carbons (Fsp3) is 0.769. The van der Waals surface area contributed by atoms with E-state index in [-0.39, 0.29) is 0 Å². The van der Waals surface area contributed by atoms with Crippen LogP contribution in [0.2, 0.25) is 0 Å². The van der Waals surface area contributed by atoms with Gasteiger partial charge in [-0.25, -0.2) is 4.98 Å².